The highest BCUT2D eigenvalue weighted by Gasteiger charge is 2.23. The quantitative estimate of drug-likeness (QED) is 0.696. The fourth-order valence-corrected chi connectivity index (χ4v) is 2.73. The smallest absolute Gasteiger partial charge is 0.251 e. The molecule has 7 nitrogen and oxygen atoms in total. The van der Waals surface area contributed by atoms with Crippen molar-refractivity contribution in [1.29, 1.82) is 0 Å². The minimum absolute atomic E-state index is 0.177. The zero-order chi connectivity index (χ0) is 15.4. The number of carbonyl (C=O) groups excluding carboxylic acids is 1. The second-order valence-electron chi connectivity index (χ2n) is 5.12. The first-order chi connectivity index (χ1) is 9.13. The third kappa shape index (κ3) is 5.54. The minimum Gasteiger partial charge on any atom is -0.373 e. The van der Waals surface area contributed by atoms with Crippen molar-refractivity contribution < 1.29 is 13.2 Å². The monoisotopic (exact) mass is 300 g/mol. The van der Waals surface area contributed by atoms with Gasteiger partial charge >= 0.3 is 0 Å². The van der Waals surface area contributed by atoms with Crippen molar-refractivity contribution >= 4 is 21.7 Å². The number of pyridine rings is 1. The maximum absolute atomic E-state index is 12.0. The lowest BCUT2D eigenvalue weighted by Crippen LogP contribution is -2.51. The molecule has 0 unspecified atom stereocenters. The molecule has 0 aliphatic rings. The van der Waals surface area contributed by atoms with Crippen LogP contribution >= 0.6 is 0 Å². The summed E-state index contributed by atoms with van der Waals surface area (Å²) in [5.74, 6) is 0.304. The van der Waals surface area contributed by atoms with Crippen LogP contribution in [0.5, 0.6) is 0 Å². The number of amides is 1. The van der Waals surface area contributed by atoms with E-state index in [-0.39, 0.29) is 12.5 Å². The summed E-state index contributed by atoms with van der Waals surface area (Å²) in [5, 5.41) is 5.53. The first kappa shape index (κ1) is 16.4. The van der Waals surface area contributed by atoms with Crippen LogP contribution in [0.4, 0.5) is 5.82 Å². The van der Waals surface area contributed by atoms with Gasteiger partial charge in [0.2, 0.25) is 10.0 Å². The molecule has 20 heavy (non-hydrogen) atoms. The molecule has 0 saturated heterocycles. The van der Waals surface area contributed by atoms with E-state index in [0.29, 0.717) is 11.4 Å². The highest BCUT2D eigenvalue weighted by molar-refractivity contribution is 7.88. The molecule has 1 aromatic rings. The van der Waals surface area contributed by atoms with Crippen molar-refractivity contribution in [3.05, 3.63) is 23.9 Å². The van der Waals surface area contributed by atoms with Crippen LogP contribution in [0.3, 0.4) is 0 Å². The second kappa shape index (κ2) is 6.19. The van der Waals surface area contributed by atoms with Crippen molar-refractivity contribution in [2.75, 3.05) is 25.2 Å². The van der Waals surface area contributed by atoms with E-state index in [1.807, 2.05) is 0 Å². The van der Waals surface area contributed by atoms with E-state index in [2.05, 4.69) is 20.3 Å². The van der Waals surface area contributed by atoms with Gasteiger partial charge < -0.3 is 10.6 Å². The Hall–Kier alpha value is -1.67. The molecule has 1 aromatic heterocycles. The van der Waals surface area contributed by atoms with E-state index >= 15 is 0 Å². The van der Waals surface area contributed by atoms with E-state index in [9.17, 15) is 13.2 Å². The van der Waals surface area contributed by atoms with Crippen LogP contribution in [0.2, 0.25) is 0 Å². The zero-order valence-corrected chi connectivity index (χ0v) is 12.8. The largest absolute Gasteiger partial charge is 0.373 e. The van der Waals surface area contributed by atoms with Gasteiger partial charge in [-0.15, -0.1) is 0 Å². The van der Waals surface area contributed by atoms with E-state index < -0.39 is 15.6 Å². The molecule has 0 atom stereocenters. The van der Waals surface area contributed by atoms with Crippen LogP contribution in [0.1, 0.15) is 24.2 Å². The number of nitrogens with zero attached hydrogens (tertiary/aromatic N) is 1. The second-order valence-corrected chi connectivity index (χ2v) is 6.87. The number of nitrogens with one attached hydrogen (secondary N) is 3. The third-order valence-electron chi connectivity index (χ3n) is 2.43. The third-order valence-corrected chi connectivity index (χ3v) is 3.35. The van der Waals surface area contributed by atoms with Gasteiger partial charge in [-0.05, 0) is 26.0 Å². The molecular formula is C12H20N4O3S. The van der Waals surface area contributed by atoms with Gasteiger partial charge in [-0.2, -0.15) is 0 Å². The molecule has 1 heterocycles. The number of aromatic nitrogens is 1. The number of sulfonamides is 1. The van der Waals surface area contributed by atoms with Crippen molar-refractivity contribution in [2.45, 2.75) is 19.4 Å². The van der Waals surface area contributed by atoms with Gasteiger partial charge in [0.05, 0.1) is 6.26 Å². The molecule has 0 radical (unpaired) electrons. The van der Waals surface area contributed by atoms with Gasteiger partial charge in [0.15, 0.2) is 0 Å². The average Bonchev–Trinajstić information content (AvgIpc) is 2.33. The van der Waals surface area contributed by atoms with E-state index in [4.69, 9.17) is 0 Å². The van der Waals surface area contributed by atoms with Crippen LogP contribution < -0.4 is 15.4 Å². The molecule has 1 amide bonds. The first-order valence-electron chi connectivity index (χ1n) is 6.04. The summed E-state index contributed by atoms with van der Waals surface area (Å²) in [6.45, 7) is 3.57. The lowest BCUT2D eigenvalue weighted by Gasteiger charge is -2.25. The SMILES string of the molecule is CNc1cc(C(=O)NCC(C)(C)NS(C)(=O)=O)ccn1. The van der Waals surface area contributed by atoms with Crippen molar-refractivity contribution in [1.82, 2.24) is 15.0 Å². The number of hydrogen-bond acceptors (Lipinski definition) is 5. The maximum atomic E-state index is 12.0. The summed E-state index contributed by atoms with van der Waals surface area (Å²) in [6, 6.07) is 3.21. The summed E-state index contributed by atoms with van der Waals surface area (Å²) < 4.78 is 24.9. The highest BCUT2D eigenvalue weighted by Crippen LogP contribution is 2.07. The molecular weight excluding hydrogens is 280 g/mol. The Balaban J connectivity index is 2.67. The molecule has 112 valence electrons. The molecule has 0 bridgehead atoms. The highest BCUT2D eigenvalue weighted by atomic mass is 32.2. The van der Waals surface area contributed by atoms with Crippen molar-refractivity contribution in [2.24, 2.45) is 0 Å². The molecule has 8 heteroatoms. The lowest BCUT2D eigenvalue weighted by atomic mass is 10.1. The lowest BCUT2D eigenvalue weighted by molar-refractivity contribution is 0.0944. The van der Waals surface area contributed by atoms with Gasteiger partial charge in [-0.3, -0.25) is 4.79 Å². The summed E-state index contributed by atoms with van der Waals surface area (Å²) in [4.78, 5) is 16.0. The Bertz CT molecular complexity index is 584. The Kier molecular flexibility index (Phi) is 5.07. The molecule has 0 saturated carbocycles. The molecule has 3 N–H and O–H groups in total. The standard InChI is InChI=1S/C12H20N4O3S/c1-12(2,16-20(4,18)19)8-15-11(17)9-5-6-14-10(7-9)13-3/h5-7,16H,8H2,1-4H3,(H,13,14)(H,15,17). The predicted molar refractivity (Wildman–Crippen MR) is 78.2 cm³/mol. The van der Waals surface area contributed by atoms with Crippen LogP contribution in [0, 0.1) is 0 Å². The minimum atomic E-state index is -3.33. The van der Waals surface area contributed by atoms with Crippen LogP contribution in [0.15, 0.2) is 18.3 Å². The number of anilines is 1. The van der Waals surface area contributed by atoms with Crippen LogP contribution in [-0.2, 0) is 10.0 Å². The van der Waals surface area contributed by atoms with Gasteiger partial charge in [0, 0.05) is 30.9 Å². The van der Waals surface area contributed by atoms with Crippen LogP contribution in [-0.4, -0.2) is 44.7 Å². The Morgan fingerprint density at radius 1 is 1.40 bits per heavy atom. The molecule has 0 aromatic carbocycles. The molecule has 0 fully saturated rings. The van der Waals surface area contributed by atoms with Crippen molar-refractivity contribution in [3.8, 4) is 0 Å². The zero-order valence-electron chi connectivity index (χ0n) is 12.0. The topological polar surface area (TPSA) is 100 Å². The number of hydrogen-bond donors (Lipinski definition) is 3. The molecule has 0 spiro atoms. The summed E-state index contributed by atoms with van der Waals surface area (Å²) in [6.07, 6.45) is 2.61. The fraction of sp³-hybridized carbons (Fsp3) is 0.500. The van der Waals surface area contributed by atoms with Gasteiger partial charge in [0.25, 0.3) is 5.91 Å². The van der Waals surface area contributed by atoms with E-state index in [1.165, 1.54) is 6.20 Å². The van der Waals surface area contributed by atoms with Gasteiger partial charge in [-0.25, -0.2) is 18.1 Å². The molecule has 0 aliphatic carbocycles. The maximum Gasteiger partial charge on any atom is 0.251 e. The number of carbonyl (C=O) groups is 1. The molecule has 0 aliphatic heterocycles. The average molecular weight is 300 g/mol. The van der Waals surface area contributed by atoms with Crippen LogP contribution in [0.25, 0.3) is 0 Å². The van der Waals surface area contributed by atoms with E-state index in [1.54, 1.807) is 33.0 Å². The van der Waals surface area contributed by atoms with Gasteiger partial charge in [0.1, 0.15) is 5.82 Å². The number of rotatable bonds is 6. The Morgan fingerprint density at radius 3 is 2.60 bits per heavy atom. The van der Waals surface area contributed by atoms with E-state index in [0.717, 1.165) is 6.26 Å². The summed E-state index contributed by atoms with van der Waals surface area (Å²) in [7, 11) is -1.61. The summed E-state index contributed by atoms with van der Waals surface area (Å²) >= 11 is 0. The molecule has 1 rings (SSSR count). The fourth-order valence-electron chi connectivity index (χ4n) is 1.65. The Morgan fingerprint density at radius 2 is 2.05 bits per heavy atom. The summed E-state index contributed by atoms with van der Waals surface area (Å²) in [5.41, 5.74) is -0.304. The first-order valence-corrected chi connectivity index (χ1v) is 7.93. The van der Waals surface area contributed by atoms with Gasteiger partial charge in [-0.1, -0.05) is 0 Å². The van der Waals surface area contributed by atoms with Crippen molar-refractivity contribution in [3.63, 3.8) is 0 Å². The predicted octanol–water partition coefficient (Wildman–Crippen LogP) is 0.181. The normalized spacial score (nSPS) is 12.0. The Labute approximate surface area is 119 Å².